The maximum atomic E-state index is 12.5. The van der Waals surface area contributed by atoms with Crippen molar-refractivity contribution in [1.29, 1.82) is 0 Å². The van der Waals surface area contributed by atoms with Gasteiger partial charge in [-0.05, 0) is 44.7 Å². The van der Waals surface area contributed by atoms with Crippen LogP contribution in [-0.4, -0.2) is 55.4 Å². The van der Waals surface area contributed by atoms with Crippen LogP contribution in [0.15, 0.2) is 24.3 Å². The zero-order chi connectivity index (χ0) is 23.8. The number of rotatable bonds is 7. The van der Waals surface area contributed by atoms with Gasteiger partial charge in [0.05, 0.1) is 17.1 Å². The number of halogens is 3. The van der Waals surface area contributed by atoms with Crippen LogP contribution in [0, 0.1) is 6.92 Å². The predicted octanol–water partition coefficient (Wildman–Crippen LogP) is 3.56. The molecule has 2 heterocycles. The molecule has 1 aliphatic rings. The second-order valence-electron chi connectivity index (χ2n) is 8.62. The van der Waals surface area contributed by atoms with Gasteiger partial charge < -0.3 is 25.0 Å². The Bertz CT molecular complexity index is 1080. The summed E-state index contributed by atoms with van der Waals surface area (Å²) in [7, 11) is 3.80. The molecule has 0 bridgehead atoms. The highest BCUT2D eigenvalue weighted by atomic mass is 19.4. The molecule has 33 heavy (non-hydrogen) atoms. The molecule has 0 amide bonds. The van der Waals surface area contributed by atoms with E-state index in [1.54, 1.807) is 4.68 Å². The minimum Gasteiger partial charge on any atom is -0.490 e. The van der Waals surface area contributed by atoms with Crippen molar-refractivity contribution in [2.24, 2.45) is 14.1 Å². The number of alkyl halides is 3. The molecule has 0 aliphatic heterocycles. The molecule has 0 unspecified atom stereocenters. The van der Waals surface area contributed by atoms with E-state index in [-0.39, 0.29) is 12.1 Å². The van der Waals surface area contributed by atoms with Crippen molar-refractivity contribution in [2.45, 2.75) is 57.0 Å². The zero-order valence-corrected chi connectivity index (χ0v) is 18.9. The van der Waals surface area contributed by atoms with Crippen molar-refractivity contribution >= 4 is 22.8 Å². The molecule has 8 nitrogen and oxygen atoms in total. The molecule has 0 radical (unpaired) electrons. The fourth-order valence-corrected chi connectivity index (χ4v) is 4.06. The summed E-state index contributed by atoms with van der Waals surface area (Å²) in [5.41, 5.74) is 2.78. The van der Waals surface area contributed by atoms with E-state index < -0.39 is 18.8 Å². The van der Waals surface area contributed by atoms with Crippen LogP contribution in [0.4, 0.5) is 24.9 Å². The minimum absolute atomic E-state index is 0.00430. The largest absolute Gasteiger partial charge is 0.490 e. The molecule has 3 N–H and O–H groups in total. The highest BCUT2D eigenvalue weighted by molar-refractivity contribution is 5.80. The monoisotopic (exact) mass is 466 g/mol. The van der Waals surface area contributed by atoms with Gasteiger partial charge in [-0.3, -0.25) is 4.68 Å². The van der Waals surface area contributed by atoms with Gasteiger partial charge in [0.15, 0.2) is 11.9 Å². The molecule has 1 atom stereocenters. The number of anilines is 2. The molecule has 2 aromatic heterocycles. The van der Waals surface area contributed by atoms with Crippen LogP contribution in [0.2, 0.25) is 0 Å². The highest BCUT2D eigenvalue weighted by Gasteiger charge is 2.38. The van der Waals surface area contributed by atoms with Crippen LogP contribution in [0.25, 0.3) is 11.0 Å². The smallest absolute Gasteiger partial charge is 0.415 e. The molecule has 1 aliphatic carbocycles. The van der Waals surface area contributed by atoms with E-state index in [1.807, 2.05) is 49.9 Å². The standard InChI is InChI=1S/C22H29F3N6O2/c1-13-10-20(29-31(13)3)28-21-27-17-9-8-16(11-18(17)30(21)2)33-15-6-4-14(5-7-15)26-12-19(32)22(23,24)25/h8-11,14-15,19,26,32H,4-7,12H2,1-3H3,(H,27,28,29)/t14?,15?,19-/m1/s1. The topological polar surface area (TPSA) is 89.2 Å². The van der Waals surface area contributed by atoms with Gasteiger partial charge in [0.2, 0.25) is 5.95 Å². The molecular weight excluding hydrogens is 437 g/mol. The maximum absolute atomic E-state index is 12.5. The Morgan fingerprint density at radius 3 is 2.55 bits per heavy atom. The van der Waals surface area contributed by atoms with E-state index in [1.165, 1.54) is 0 Å². The van der Waals surface area contributed by atoms with E-state index in [4.69, 9.17) is 9.84 Å². The van der Waals surface area contributed by atoms with Crippen LogP contribution in [-0.2, 0) is 14.1 Å². The summed E-state index contributed by atoms with van der Waals surface area (Å²) in [6.45, 7) is 1.50. The Labute approximate surface area is 189 Å². The number of nitrogens with zero attached hydrogens (tertiary/aromatic N) is 4. The lowest BCUT2D eigenvalue weighted by Gasteiger charge is -2.30. The Morgan fingerprint density at radius 1 is 1.18 bits per heavy atom. The minimum atomic E-state index is -4.59. The van der Waals surface area contributed by atoms with Gasteiger partial charge in [0.25, 0.3) is 0 Å². The Morgan fingerprint density at radius 2 is 1.91 bits per heavy atom. The average Bonchev–Trinajstić information content (AvgIpc) is 3.24. The second-order valence-corrected chi connectivity index (χ2v) is 8.62. The lowest BCUT2D eigenvalue weighted by atomic mass is 9.93. The molecule has 1 saturated carbocycles. The third-order valence-corrected chi connectivity index (χ3v) is 6.16. The first-order valence-corrected chi connectivity index (χ1v) is 11.0. The quantitative estimate of drug-likeness (QED) is 0.494. The van der Waals surface area contributed by atoms with Crippen LogP contribution >= 0.6 is 0 Å². The van der Waals surface area contributed by atoms with E-state index in [2.05, 4.69) is 20.7 Å². The van der Waals surface area contributed by atoms with Gasteiger partial charge in [-0.15, -0.1) is 0 Å². The molecule has 0 saturated heterocycles. The van der Waals surface area contributed by atoms with Crippen LogP contribution < -0.4 is 15.4 Å². The van der Waals surface area contributed by atoms with Gasteiger partial charge in [0.1, 0.15) is 5.75 Å². The van der Waals surface area contributed by atoms with Crippen molar-refractivity contribution in [3.8, 4) is 5.75 Å². The number of fused-ring (bicyclic) bond motifs is 1. The summed E-state index contributed by atoms with van der Waals surface area (Å²) in [5, 5.41) is 19.6. The maximum Gasteiger partial charge on any atom is 0.415 e. The summed E-state index contributed by atoms with van der Waals surface area (Å²) in [5.74, 6) is 2.13. The Hall–Kier alpha value is -2.79. The molecule has 3 aromatic rings. The number of aromatic nitrogens is 4. The van der Waals surface area contributed by atoms with Crippen molar-refractivity contribution in [3.63, 3.8) is 0 Å². The second kappa shape index (κ2) is 9.22. The number of imidazole rings is 1. The van der Waals surface area contributed by atoms with Crippen LogP contribution in [0.1, 0.15) is 31.4 Å². The third-order valence-electron chi connectivity index (χ3n) is 6.16. The number of hydrogen-bond donors (Lipinski definition) is 3. The van der Waals surface area contributed by atoms with Gasteiger partial charge >= 0.3 is 6.18 Å². The first-order valence-electron chi connectivity index (χ1n) is 11.0. The van der Waals surface area contributed by atoms with E-state index >= 15 is 0 Å². The summed E-state index contributed by atoms with van der Waals surface area (Å²) >= 11 is 0. The Balaban J connectivity index is 1.34. The number of aliphatic hydroxyl groups is 1. The summed E-state index contributed by atoms with van der Waals surface area (Å²) in [6.07, 6.45) is -4.08. The molecule has 4 rings (SSSR count). The molecule has 1 aromatic carbocycles. The summed E-state index contributed by atoms with van der Waals surface area (Å²) in [6, 6.07) is 7.63. The van der Waals surface area contributed by atoms with Crippen molar-refractivity contribution in [3.05, 3.63) is 30.0 Å². The van der Waals surface area contributed by atoms with Crippen molar-refractivity contribution in [2.75, 3.05) is 11.9 Å². The number of ether oxygens (including phenoxy) is 1. The molecular formula is C22H29F3N6O2. The lowest BCUT2D eigenvalue weighted by molar-refractivity contribution is -0.202. The fraction of sp³-hybridized carbons (Fsp3) is 0.545. The van der Waals surface area contributed by atoms with Gasteiger partial charge in [0, 0.05) is 44.5 Å². The number of hydrogen-bond acceptors (Lipinski definition) is 6. The van der Waals surface area contributed by atoms with E-state index in [9.17, 15) is 13.2 Å². The molecule has 11 heteroatoms. The predicted molar refractivity (Wildman–Crippen MR) is 119 cm³/mol. The first kappa shape index (κ1) is 23.4. The van der Waals surface area contributed by atoms with E-state index in [0.717, 1.165) is 41.1 Å². The van der Waals surface area contributed by atoms with Gasteiger partial charge in [-0.1, -0.05) is 0 Å². The van der Waals surface area contributed by atoms with Crippen molar-refractivity contribution in [1.82, 2.24) is 24.6 Å². The van der Waals surface area contributed by atoms with E-state index in [0.29, 0.717) is 18.8 Å². The zero-order valence-electron chi connectivity index (χ0n) is 18.9. The summed E-state index contributed by atoms with van der Waals surface area (Å²) in [4.78, 5) is 4.63. The third kappa shape index (κ3) is 5.41. The molecule has 1 fully saturated rings. The first-order chi connectivity index (χ1) is 15.6. The molecule has 0 spiro atoms. The van der Waals surface area contributed by atoms with Gasteiger partial charge in [-0.25, -0.2) is 4.98 Å². The number of aryl methyl sites for hydroxylation is 3. The Kier molecular flexibility index (Phi) is 6.53. The lowest BCUT2D eigenvalue weighted by Crippen LogP contribution is -2.44. The SMILES string of the molecule is Cc1cc(Nc2nc3ccc(OC4CCC(NC[C@@H](O)C(F)(F)F)CC4)cc3n2C)nn1C. The number of benzene rings is 1. The average molecular weight is 467 g/mol. The number of aliphatic hydroxyl groups excluding tert-OH is 1. The van der Waals surface area contributed by atoms with Crippen molar-refractivity contribution < 1.29 is 23.0 Å². The number of nitrogens with one attached hydrogen (secondary N) is 2. The molecule has 180 valence electrons. The van der Waals surface area contributed by atoms with Gasteiger partial charge in [-0.2, -0.15) is 18.3 Å². The van der Waals surface area contributed by atoms with Crippen LogP contribution in [0.5, 0.6) is 5.75 Å². The highest BCUT2D eigenvalue weighted by Crippen LogP contribution is 2.29. The fourth-order valence-electron chi connectivity index (χ4n) is 4.06. The summed E-state index contributed by atoms with van der Waals surface area (Å²) < 4.78 is 47.2. The normalized spacial score (nSPS) is 20.2. The van der Waals surface area contributed by atoms with Crippen LogP contribution in [0.3, 0.4) is 0 Å².